The van der Waals surface area contributed by atoms with Crippen LogP contribution in [0.4, 0.5) is 0 Å². The molecule has 0 aromatic heterocycles. The van der Waals surface area contributed by atoms with Gasteiger partial charge in [0.15, 0.2) is 0 Å². The minimum Gasteiger partial charge on any atom is -0.456 e. The van der Waals surface area contributed by atoms with Crippen molar-refractivity contribution in [2.75, 3.05) is 13.6 Å². The van der Waals surface area contributed by atoms with Crippen molar-refractivity contribution >= 4 is 5.97 Å². The lowest BCUT2D eigenvalue weighted by molar-refractivity contribution is -0.151. The second-order valence-corrected chi connectivity index (χ2v) is 3.78. The summed E-state index contributed by atoms with van der Waals surface area (Å²) >= 11 is 0. The van der Waals surface area contributed by atoms with E-state index in [1.807, 2.05) is 20.9 Å². The largest absolute Gasteiger partial charge is 0.456 e. The van der Waals surface area contributed by atoms with Crippen LogP contribution in [0.2, 0.25) is 0 Å². The third-order valence-corrected chi connectivity index (χ3v) is 1.69. The average molecular weight is 185 g/mol. The molecule has 76 valence electrons. The zero-order chi connectivity index (χ0) is 10.5. The number of carbonyl (C=O) groups excluding carboxylic acids is 1. The van der Waals surface area contributed by atoms with Crippen molar-refractivity contribution in [2.24, 2.45) is 0 Å². The molecule has 0 aliphatic rings. The van der Waals surface area contributed by atoms with Gasteiger partial charge in [0.05, 0.1) is 0 Å². The van der Waals surface area contributed by atoms with E-state index in [1.165, 1.54) is 0 Å². The highest BCUT2D eigenvalue weighted by Crippen LogP contribution is 2.15. The van der Waals surface area contributed by atoms with Crippen LogP contribution < -0.4 is 5.32 Å². The second-order valence-electron chi connectivity index (χ2n) is 3.78. The molecule has 0 aromatic carbocycles. The smallest absolute Gasteiger partial charge is 0.333 e. The fraction of sp³-hybridized carbons (Fsp3) is 0.700. The minimum atomic E-state index is -0.418. The Kier molecular flexibility index (Phi) is 4.70. The summed E-state index contributed by atoms with van der Waals surface area (Å²) in [4.78, 5) is 11.2. The Morgan fingerprint density at radius 1 is 1.54 bits per heavy atom. The first-order chi connectivity index (χ1) is 5.89. The minimum absolute atomic E-state index is 0.318. The standard InChI is InChI=1S/C10H19NO2/c1-8(2)9(12)13-10(3,4)6-7-11-5/h11H,1,6-7H2,2-5H3. The van der Waals surface area contributed by atoms with E-state index in [0.29, 0.717) is 5.57 Å². The number of esters is 1. The monoisotopic (exact) mass is 185 g/mol. The van der Waals surface area contributed by atoms with Gasteiger partial charge in [0.1, 0.15) is 5.60 Å². The Morgan fingerprint density at radius 3 is 2.46 bits per heavy atom. The van der Waals surface area contributed by atoms with Gasteiger partial charge in [0.25, 0.3) is 0 Å². The second kappa shape index (κ2) is 5.02. The van der Waals surface area contributed by atoms with E-state index in [1.54, 1.807) is 6.92 Å². The summed E-state index contributed by atoms with van der Waals surface area (Å²) in [5, 5.41) is 3.01. The van der Waals surface area contributed by atoms with E-state index in [0.717, 1.165) is 13.0 Å². The van der Waals surface area contributed by atoms with E-state index in [4.69, 9.17) is 4.74 Å². The summed E-state index contributed by atoms with van der Waals surface area (Å²) in [7, 11) is 1.87. The van der Waals surface area contributed by atoms with E-state index < -0.39 is 5.60 Å². The Morgan fingerprint density at radius 2 is 2.08 bits per heavy atom. The maximum absolute atomic E-state index is 11.2. The van der Waals surface area contributed by atoms with Gasteiger partial charge in [0.2, 0.25) is 0 Å². The number of carbonyl (C=O) groups is 1. The number of hydrogen-bond acceptors (Lipinski definition) is 3. The highest BCUT2D eigenvalue weighted by molar-refractivity contribution is 5.87. The molecule has 0 saturated carbocycles. The fourth-order valence-electron chi connectivity index (χ4n) is 0.815. The van der Waals surface area contributed by atoms with Crippen molar-refractivity contribution in [1.29, 1.82) is 0 Å². The third-order valence-electron chi connectivity index (χ3n) is 1.69. The average Bonchev–Trinajstić information content (AvgIpc) is 2.00. The summed E-state index contributed by atoms with van der Waals surface area (Å²) in [6.45, 7) is 9.80. The summed E-state index contributed by atoms with van der Waals surface area (Å²) in [5.41, 5.74) is 0.0245. The number of rotatable bonds is 5. The van der Waals surface area contributed by atoms with Crippen LogP contribution in [0.1, 0.15) is 27.2 Å². The summed E-state index contributed by atoms with van der Waals surface area (Å²) < 4.78 is 5.22. The molecule has 0 amide bonds. The van der Waals surface area contributed by atoms with Crippen LogP contribution in [0.5, 0.6) is 0 Å². The van der Waals surface area contributed by atoms with Crippen LogP contribution in [0.3, 0.4) is 0 Å². The van der Waals surface area contributed by atoms with Gasteiger partial charge >= 0.3 is 5.97 Å². The van der Waals surface area contributed by atoms with E-state index in [-0.39, 0.29) is 5.97 Å². The molecule has 0 bridgehead atoms. The number of nitrogens with one attached hydrogen (secondary N) is 1. The molecule has 0 aliphatic carbocycles. The highest BCUT2D eigenvalue weighted by Gasteiger charge is 2.22. The predicted molar refractivity (Wildman–Crippen MR) is 53.5 cm³/mol. The van der Waals surface area contributed by atoms with Crippen molar-refractivity contribution in [1.82, 2.24) is 5.32 Å². The first kappa shape index (κ1) is 12.2. The molecule has 1 N–H and O–H groups in total. The van der Waals surface area contributed by atoms with E-state index in [9.17, 15) is 4.79 Å². The van der Waals surface area contributed by atoms with Gasteiger partial charge in [-0.3, -0.25) is 0 Å². The number of ether oxygens (including phenoxy) is 1. The first-order valence-corrected chi connectivity index (χ1v) is 4.42. The summed E-state index contributed by atoms with van der Waals surface area (Å²) in [6, 6.07) is 0. The van der Waals surface area contributed by atoms with Gasteiger partial charge in [-0.1, -0.05) is 6.58 Å². The van der Waals surface area contributed by atoms with Crippen molar-refractivity contribution in [3.8, 4) is 0 Å². The SMILES string of the molecule is C=C(C)C(=O)OC(C)(C)CCNC. The molecule has 0 fully saturated rings. The van der Waals surface area contributed by atoms with Gasteiger partial charge < -0.3 is 10.1 Å². The molecule has 3 heteroatoms. The van der Waals surface area contributed by atoms with Crippen LogP contribution in [0.15, 0.2) is 12.2 Å². The predicted octanol–water partition coefficient (Wildman–Crippen LogP) is 1.49. The van der Waals surface area contributed by atoms with E-state index >= 15 is 0 Å². The van der Waals surface area contributed by atoms with Crippen molar-refractivity contribution in [3.63, 3.8) is 0 Å². The lowest BCUT2D eigenvalue weighted by Gasteiger charge is -2.24. The van der Waals surface area contributed by atoms with Crippen LogP contribution in [-0.4, -0.2) is 25.2 Å². The molecule has 0 atom stereocenters. The van der Waals surface area contributed by atoms with Crippen LogP contribution >= 0.6 is 0 Å². The molecule has 0 aromatic rings. The third kappa shape index (κ3) is 5.42. The molecule has 0 heterocycles. The van der Waals surface area contributed by atoms with Gasteiger partial charge in [-0.05, 0) is 40.8 Å². The Bertz CT molecular complexity index is 197. The Hall–Kier alpha value is -0.830. The Balaban J connectivity index is 4.00. The topological polar surface area (TPSA) is 38.3 Å². The van der Waals surface area contributed by atoms with Gasteiger partial charge in [-0.15, -0.1) is 0 Å². The molecule has 0 saturated heterocycles. The lowest BCUT2D eigenvalue weighted by Crippen LogP contribution is -2.31. The maximum Gasteiger partial charge on any atom is 0.333 e. The number of hydrogen-bond donors (Lipinski definition) is 1. The summed E-state index contributed by atoms with van der Waals surface area (Å²) in [6.07, 6.45) is 0.794. The molecule has 0 aliphatic heterocycles. The van der Waals surface area contributed by atoms with Crippen molar-refractivity contribution in [2.45, 2.75) is 32.8 Å². The van der Waals surface area contributed by atoms with Crippen LogP contribution in [0.25, 0.3) is 0 Å². The molecular formula is C10H19NO2. The van der Waals surface area contributed by atoms with Gasteiger partial charge in [-0.25, -0.2) is 4.79 Å². The molecular weight excluding hydrogens is 166 g/mol. The first-order valence-electron chi connectivity index (χ1n) is 4.42. The van der Waals surface area contributed by atoms with Gasteiger partial charge in [0, 0.05) is 5.57 Å². The maximum atomic E-state index is 11.2. The van der Waals surface area contributed by atoms with Crippen LogP contribution in [-0.2, 0) is 9.53 Å². The van der Waals surface area contributed by atoms with E-state index in [2.05, 4.69) is 11.9 Å². The quantitative estimate of drug-likeness (QED) is 0.521. The van der Waals surface area contributed by atoms with Crippen LogP contribution in [0, 0.1) is 0 Å². The zero-order valence-corrected chi connectivity index (χ0v) is 8.94. The Labute approximate surface area is 80.2 Å². The zero-order valence-electron chi connectivity index (χ0n) is 8.94. The molecule has 3 nitrogen and oxygen atoms in total. The normalized spacial score (nSPS) is 11.1. The van der Waals surface area contributed by atoms with Crippen molar-refractivity contribution < 1.29 is 9.53 Å². The van der Waals surface area contributed by atoms with Gasteiger partial charge in [-0.2, -0.15) is 0 Å². The molecule has 0 unspecified atom stereocenters. The summed E-state index contributed by atoms with van der Waals surface area (Å²) in [5.74, 6) is -0.318. The molecule has 13 heavy (non-hydrogen) atoms. The molecule has 0 rings (SSSR count). The highest BCUT2D eigenvalue weighted by atomic mass is 16.6. The molecule has 0 spiro atoms. The van der Waals surface area contributed by atoms with Crippen molar-refractivity contribution in [3.05, 3.63) is 12.2 Å². The lowest BCUT2D eigenvalue weighted by atomic mass is 10.1. The molecule has 0 radical (unpaired) electrons. The fourth-order valence-corrected chi connectivity index (χ4v) is 0.815.